The van der Waals surface area contributed by atoms with E-state index in [1.54, 1.807) is 0 Å². The highest BCUT2D eigenvalue weighted by Crippen LogP contribution is 2.54. The molecule has 0 atom stereocenters. The molecule has 3 aromatic heterocycles. The third-order valence-electron chi connectivity index (χ3n) is 11.2. The average Bonchev–Trinajstić information content (AvgIpc) is 3.83. The lowest BCUT2D eigenvalue weighted by atomic mass is 9.80. The van der Waals surface area contributed by atoms with E-state index in [4.69, 9.17) is 14.4 Å². The Balaban J connectivity index is 1.08. The van der Waals surface area contributed by atoms with Crippen LogP contribution in [0.3, 0.4) is 0 Å². The van der Waals surface area contributed by atoms with Crippen molar-refractivity contribution in [3.05, 3.63) is 175 Å². The number of benzene rings is 7. The van der Waals surface area contributed by atoms with Gasteiger partial charge in [0.25, 0.3) is 0 Å². The van der Waals surface area contributed by atoms with Gasteiger partial charge in [-0.1, -0.05) is 129 Å². The second-order valence-corrected chi connectivity index (χ2v) is 14.6. The molecule has 0 amide bonds. The van der Waals surface area contributed by atoms with E-state index in [0.29, 0.717) is 5.82 Å². The van der Waals surface area contributed by atoms with E-state index in [0.717, 1.165) is 44.9 Å². The van der Waals surface area contributed by atoms with Gasteiger partial charge in [-0.05, 0) is 70.8 Å². The predicted octanol–water partition coefficient (Wildman–Crippen LogP) is 12.8. The predicted molar refractivity (Wildman–Crippen MR) is 218 cm³/mol. The molecule has 0 saturated carbocycles. The lowest BCUT2D eigenvalue weighted by Crippen LogP contribution is -2.15. The number of fused-ring (bicyclic) bond motifs is 10. The summed E-state index contributed by atoms with van der Waals surface area (Å²) < 4.78 is 8.77. The van der Waals surface area contributed by atoms with E-state index in [2.05, 4.69) is 152 Å². The molecule has 0 radical (unpaired) electrons. The molecule has 10 aromatic rings. The Hall–Kier alpha value is -6.78. The molecule has 0 saturated heterocycles. The first-order valence-electron chi connectivity index (χ1n) is 18.2. The van der Waals surface area contributed by atoms with Crippen LogP contribution in [0.15, 0.2) is 168 Å². The zero-order valence-corrected chi connectivity index (χ0v) is 29.3. The first-order chi connectivity index (χ1) is 26.0. The van der Waals surface area contributed by atoms with Crippen LogP contribution in [0.5, 0.6) is 0 Å². The Kier molecular flexibility index (Phi) is 6.27. The van der Waals surface area contributed by atoms with Gasteiger partial charge in [0.1, 0.15) is 11.2 Å². The molecular weight excluding hydrogens is 647 g/mol. The lowest BCUT2D eigenvalue weighted by Gasteiger charge is -2.22. The number of para-hydroxylation sites is 2. The summed E-state index contributed by atoms with van der Waals surface area (Å²) >= 11 is 0. The van der Waals surface area contributed by atoms with Gasteiger partial charge in [-0.25, -0.2) is 9.97 Å². The average molecular weight is 680 g/mol. The minimum Gasteiger partial charge on any atom is -0.456 e. The van der Waals surface area contributed by atoms with Crippen LogP contribution in [0.4, 0.5) is 0 Å². The standard InChI is InChI=1S/C49H33N3O/c1-49(2)39-28-43-38(27-37(39)35-25-26-45-46(47(35)49)36-18-10-12-20-44(36)53-45)34-17-9-11-19-42(34)52(43)33-23-21-31(22-24-33)41-29-40(30-13-5-3-6-14-30)50-48(51-41)32-15-7-4-8-16-32/h3-29H,1-2H3. The van der Waals surface area contributed by atoms with Crippen molar-refractivity contribution in [2.45, 2.75) is 19.3 Å². The van der Waals surface area contributed by atoms with Gasteiger partial charge in [0, 0.05) is 49.3 Å². The maximum Gasteiger partial charge on any atom is 0.160 e. The normalized spacial score (nSPS) is 13.2. The Morgan fingerprint density at radius 1 is 0.491 bits per heavy atom. The summed E-state index contributed by atoms with van der Waals surface area (Å²) in [5.41, 5.74) is 15.3. The van der Waals surface area contributed by atoms with Gasteiger partial charge < -0.3 is 8.98 Å². The van der Waals surface area contributed by atoms with E-state index in [1.807, 2.05) is 30.3 Å². The van der Waals surface area contributed by atoms with Crippen molar-refractivity contribution in [2.75, 3.05) is 0 Å². The molecule has 11 rings (SSSR count). The smallest absolute Gasteiger partial charge is 0.160 e. The van der Waals surface area contributed by atoms with Crippen LogP contribution < -0.4 is 0 Å². The van der Waals surface area contributed by atoms with Crippen LogP contribution >= 0.6 is 0 Å². The topological polar surface area (TPSA) is 43.9 Å². The van der Waals surface area contributed by atoms with Gasteiger partial charge in [0.05, 0.1) is 22.4 Å². The fourth-order valence-corrected chi connectivity index (χ4v) is 8.71. The van der Waals surface area contributed by atoms with E-state index in [-0.39, 0.29) is 5.41 Å². The summed E-state index contributed by atoms with van der Waals surface area (Å²) in [7, 11) is 0. The highest BCUT2D eigenvalue weighted by molar-refractivity contribution is 6.14. The summed E-state index contributed by atoms with van der Waals surface area (Å²) in [5.74, 6) is 0.714. The summed E-state index contributed by atoms with van der Waals surface area (Å²) in [4.78, 5) is 10.1. The first kappa shape index (κ1) is 29.9. The van der Waals surface area contributed by atoms with Gasteiger partial charge in [0.2, 0.25) is 0 Å². The minimum absolute atomic E-state index is 0.226. The van der Waals surface area contributed by atoms with Gasteiger partial charge in [-0.2, -0.15) is 0 Å². The molecule has 4 nitrogen and oxygen atoms in total. The van der Waals surface area contributed by atoms with Crippen molar-refractivity contribution in [1.82, 2.24) is 14.5 Å². The molecule has 0 N–H and O–H groups in total. The Morgan fingerprint density at radius 2 is 1.13 bits per heavy atom. The lowest BCUT2D eigenvalue weighted by molar-refractivity contribution is 0.657. The monoisotopic (exact) mass is 679 g/mol. The summed E-state index contributed by atoms with van der Waals surface area (Å²) in [6, 6.07) is 57.9. The maximum atomic E-state index is 6.35. The molecular formula is C49H33N3O. The molecule has 7 aromatic carbocycles. The molecule has 250 valence electrons. The second kappa shape index (κ2) is 11.1. The molecule has 53 heavy (non-hydrogen) atoms. The molecule has 1 aliphatic carbocycles. The number of nitrogens with zero attached hydrogens (tertiary/aromatic N) is 3. The minimum atomic E-state index is -0.226. The van der Waals surface area contributed by atoms with E-state index < -0.39 is 0 Å². The van der Waals surface area contributed by atoms with Crippen LogP contribution in [0.2, 0.25) is 0 Å². The number of rotatable bonds is 4. The Bertz CT molecular complexity index is 3000. The fourth-order valence-electron chi connectivity index (χ4n) is 8.71. The van der Waals surface area contributed by atoms with E-state index in [1.165, 1.54) is 54.8 Å². The molecule has 1 aliphatic rings. The van der Waals surface area contributed by atoms with Crippen LogP contribution in [-0.4, -0.2) is 14.5 Å². The number of hydrogen-bond donors (Lipinski definition) is 0. The molecule has 0 bridgehead atoms. The highest BCUT2D eigenvalue weighted by Gasteiger charge is 2.39. The fraction of sp³-hybridized carbons (Fsp3) is 0.0612. The van der Waals surface area contributed by atoms with Crippen molar-refractivity contribution in [3.8, 4) is 50.7 Å². The molecule has 0 spiro atoms. The molecule has 3 heterocycles. The maximum absolute atomic E-state index is 6.35. The number of hydrogen-bond acceptors (Lipinski definition) is 3. The number of furan rings is 1. The van der Waals surface area contributed by atoms with Gasteiger partial charge >= 0.3 is 0 Å². The van der Waals surface area contributed by atoms with Gasteiger partial charge in [0.15, 0.2) is 5.82 Å². The summed E-state index contributed by atoms with van der Waals surface area (Å²) in [6.45, 7) is 4.73. The molecule has 0 aliphatic heterocycles. The highest BCUT2D eigenvalue weighted by atomic mass is 16.3. The van der Waals surface area contributed by atoms with Crippen molar-refractivity contribution >= 4 is 43.7 Å². The second-order valence-electron chi connectivity index (χ2n) is 14.6. The van der Waals surface area contributed by atoms with E-state index in [9.17, 15) is 0 Å². The van der Waals surface area contributed by atoms with Crippen LogP contribution in [0.25, 0.3) is 94.5 Å². The molecule has 0 unspecified atom stereocenters. The van der Waals surface area contributed by atoms with Gasteiger partial charge in [-0.15, -0.1) is 0 Å². The molecule has 0 fully saturated rings. The first-order valence-corrected chi connectivity index (χ1v) is 18.2. The Labute approximate surface area is 306 Å². The largest absolute Gasteiger partial charge is 0.456 e. The zero-order valence-electron chi connectivity index (χ0n) is 29.3. The van der Waals surface area contributed by atoms with Crippen LogP contribution in [0.1, 0.15) is 25.0 Å². The van der Waals surface area contributed by atoms with Crippen molar-refractivity contribution in [2.24, 2.45) is 0 Å². The van der Waals surface area contributed by atoms with E-state index >= 15 is 0 Å². The summed E-state index contributed by atoms with van der Waals surface area (Å²) in [5, 5.41) is 4.89. The van der Waals surface area contributed by atoms with Crippen LogP contribution in [-0.2, 0) is 5.41 Å². The third kappa shape index (κ3) is 4.42. The van der Waals surface area contributed by atoms with Gasteiger partial charge in [-0.3, -0.25) is 0 Å². The SMILES string of the molecule is CC1(C)c2cc3c(cc2-c2ccc4oc5ccccc5c4c21)c1ccccc1n3-c1ccc(-c2cc(-c3ccccc3)nc(-c3ccccc3)n2)cc1. The number of aromatic nitrogens is 3. The van der Waals surface area contributed by atoms with Crippen LogP contribution in [0, 0.1) is 0 Å². The van der Waals surface area contributed by atoms with Crippen molar-refractivity contribution in [3.63, 3.8) is 0 Å². The third-order valence-corrected chi connectivity index (χ3v) is 11.2. The quantitative estimate of drug-likeness (QED) is 0.186. The zero-order chi connectivity index (χ0) is 35.3. The molecule has 4 heteroatoms. The summed E-state index contributed by atoms with van der Waals surface area (Å²) in [6.07, 6.45) is 0. The Morgan fingerprint density at radius 3 is 1.89 bits per heavy atom. The van der Waals surface area contributed by atoms with Crippen molar-refractivity contribution < 1.29 is 4.42 Å². The van der Waals surface area contributed by atoms with Crippen molar-refractivity contribution in [1.29, 1.82) is 0 Å².